The van der Waals surface area contributed by atoms with Crippen LogP contribution in [-0.2, 0) is 14.3 Å². The largest absolute Gasteiger partial charge is 0.508 e. The van der Waals surface area contributed by atoms with Gasteiger partial charge in [0, 0.05) is 11.3 Å². The van der Waals surface area contributed by atoms with E-state index in [1.165, 1.54) is 25.3 Å². The lowest BCUT2D eigenvalue weighted by molar-refractivity contribution is -0.142. The Morgan fingerprint density at radius 3 is 2.50 bits per heavy atom. The molecular weight excluding hydrogens is 290 g/mol. The van der Waals surface area contributed by atoms with Crippen molar-refractivity contribution in [1.29, 1.82) is 0 Å². The zero-order chi connectivity index (χ0) is 16.9. The molecule has 122 valence electrons. The number of hydrogen-bond acceptors (Lipinski definition) is 6. The molecule has 0 unspecified atom stereocenters. The summed E-state index contributed by atoms with van der Waals surface area (Å²) >= 11 is 0. The minimum absolute atomic E-state index is 0.110. The van der Waals surface area contributed by atoms with Gasteiger partial charge in [-0.3, -0.25) is 10.1 Å². The highest BCUT2D eigenvalue weighted by Crippen LogP contribution is 2.29. The highest BCUT2D eigenvalue weighted by Gasteiger charge is 2.19. The van der Waals surface area contributed by atoms with Gasteiger partial charge >= 0.3 is 12.1 Å². The number of carbonyl (C=O) groups is 2. The van der Waals surface area contributed by atoms with E-state index < -0.39 is 23.8 Å². The Morgan fingerprint density at radius 2 is 1.95 bits per heavy atom. The lowest BCUT2D eigenvalue weighted by atomic mass is 10.0. The van der Waals surface area contributed by atoms with Crippen LogP contribution in [0.5, 0.6) is 5.75 Å². The predicted molar refractivity (Wildman–Crippen MR) is 79.6 cm³/mol. The molecule has 0 radical (unpaired) electrons. The molecule has 0 spiro atoms. The fraction of sp³-hybridized carbons (Fsp3) is 0.467. The molecule has 22 heavy (non-hydrogen) atoms. The number of carbonyl (C=O) groups excluding carboxylic acids is 2. The summed E-state index contributed by atoms with van der Waals surface area (Å²) in [6.45, 7) is 5.19. The van der Waals surface area contributed by atoms with Crippen molar-refractivity contribution in [3.8, 4) is 5.75 Å². The average molecular weight is 311 g/mol. The normalized spacial score (nSPS) is 12.4. The highest BCUT2D eigenvalue weighted by molar-refractivity contribution is 5.85. The van der Waals surface area contributed by atoms with Crippen molar-refractivity contribution in [2.24, 2.45) is 0 Å². The summed E-state index contributed by atoms with van der Waals surface area (Å²) in [7, 11) is 1.20. The predicted octanol–water partition coefficient (Wildman–Crippen LogP) is 2.34. The highest BCUT2D eigenvalue weighted by atomic mass is 16.6. The number of ether oxygens (including phenoxy) is 2. The van der Waals surface area contributed by atoms with Crippen molar-refractivity contribution in [3.05, 3.63) is 23.8 Å². The summed E-state index contributed by atoms with van der Waals surface area (Å²) in [5.41, 5.74) is -0.209. The van der Waals surface area contributed by atoms with Gasteiger partial charge in [0.1, 0.15) is 11.4 Å². The molecule has 0 saturated carbocycles. The number of methoxy groups -OCH3 is 1. The minimum atomic E-state index is -1.24. The van der Waals surface area contributed by atoms with Crippen LogP contribution in [0.25, 0.3) is 0 Å². The lowest BCUT2D eigenvalue weighted by Gasteiger charge is -2.20. The molecule has 1 rings (SSSR count). The first-order valence-corrected chi connectivity index (χ1v) is 6.70. The minimum Gasteiger partial charge on any atom is -0.508 e. The molecule has 0 fully saturated rings. The van der Waals surface area contributed by atoms with Gasteiger partial charge in [0.05, 0.1) is 19.6 Å². The van der Waals surface area contributed by atoms with E-state index in [9.17, 15) is 19.8 Å². The van der Waals surface area contributed by atoms with E-state index >= 15 is 0 Å². The van der Waals surface area contributed by atoms with Crippen molar-refractivity contribution in [1.82, 2.24) is 0 Å². The second-order valence-electron chi connectivity index (χ2n) is 5.70. The molecule has 1 aromatic rings. The standard InChI is InChI=1S/C15H21NO6/c1-15(2,3)22-14(20)16-9-5-6-11(17)10(7-9)12(18)8-13(19)21-4/h5-7,12,17-18H,8H2,1-4H3,(H,16,20)/t12-/m1/s1. The summed E-state index contributed by atoms with van der Waals surface area (Å²) in [6, 6.07) is 4.13. The summed E-state index contributed by atoms with van der Waals surface area (Å²) in [4.78, 5) is 22.9. The molecule has 0 aliphatic carbocycles. The smallest absolute Gasteiger partial charge is 0.412 e. The SMILES string of the molecule is COC(=O)C[C@@H](O)c1cc(NC(=O)OC(C)(C)C)ccc1O. The van der Waals surface area contributed by atoms with E-state index in [4.69, 9.17) is 4.74 Å². The maximum absolute atomic E-state index is 11.7. The Morgan fingerprint density at radius 1 is 1.32 bits per heavy atom. The topological polar surface area (TPSA) is 105 Å². The van der Waals surface area contributed by atoms with Gasteiger partial charge in [0.15, 0.2) is 0 Å². The number of anilines is 1. The Kier molecular flexibility index (Phi) is 5.76. The quantitative estimate of drug-likeness (QED) is 0.582. The number of amides is 1. The van der Waals surface area contributed by atoms with Gasteiger partial charge < -0.3 is 19.7 Å². The van der Waals surface area contributed by atoms with Crippen LogP contribution in [0.15, 0.2) is 18.2 Å². The van der Waals surface area contributed by atoms with Gasteiger partial charge in [0.25, 0.3) is 0 Å². The Labute approximate surface area is 128 Å². The molecular formula is C15H21NO6. The third-order valence-electron chi connectivity index (χ3n) is 2.62. The number of rotatable bonds is 4. The molecule has 7 nitrogen and oxygen atoms in total. The van der Waals surface area contributed by atoms with Crippen LogP contribution >= 0.6 is 0 Å². The number of hydrogen-bond donors (Lipinski definition) is 3. The van der Waals surface area contributed by atoms with Crippen LogP contribution in [-0.4, -0.2) is 35.0 Å². The Hall–Kier alpha value is -2.28. The van der Waals surface area contributed by atoms with E-state index in [1.807, 2.05) is 0 Å². The first kappa shape index (κ1) is 17.8. The zero-order valence-corrected chi connectivity index (χ0v) is 13.0. The van der Waals surface area contributed by atoms with Crippen LogP contribution in [0, 0.1) is 0 Å². The molecule has 1 atom stereocenters. The second-order valence-corrected chi connectivity index (χ2v) is 5.70. The number of phenolic OH excluding ortho intramolecular Hbond substituents is 1. The van der Waals surface area contributed by atoms with Crippen LogP contribution in [0.3, 0.4) is 0 Å². The summed E-state index contributed by atoms with van der Waals surface area (Å²) in [5.74, 6) is -0.802. The monoisotopic (exact) mass is 311 g/mol. The van der Waals surface area contributed by atoms with Gasteiger partial charge in [-0.2, -0.15) is 0 Å². The number of phenols is 1. The molecule has 3 N–H and O–H groups in total. The number of esters is 1. The van der Waals surface area contributed by atoms with Crippen molar-refractivity contribution < 1.29 is 29.3 Å². The van der Waals surface area contributed by atoms with E-state index in [2.05, 4.69) is 10.1 Å². The van der Waals surface area contributed by atoms with Gasteiger partial charge in [-0.05, 0) is 39.0 Å². The number of benzene rings is 1. The molecule has 7 heteroatoms. The molecule has 1 aromatic carbocycles. The summed E-state index contributed by atoms with van der Waals surface area (Å²) in [5, 5.41) is 22.2. The molecule has 0 aliphatic heterocycles. The van der Waals surface area contributed by atoms with Crippen molar-refractivity contribution >= 4 is 17.7 Å². The Balaban J connectivity index is 2.85. The van der Waals surface area contributed by atoms with E-state index in [0.29, 0.717) is 5.69 Å². The van der Waals surface area contributed by atoms with E-state index in [0.717, 1.165) is 0 Å². The number of aliphatic hydroxyl groups is 1. The van der Waals surface area contributed by atoms with Crippen LogP contribution in [0.4, 0.5) is 10.5 Å². The summed E-state index contributed by atoms with van der Waals surface area (Å²) in [6.07, 6.45) is -2.21. The lowest BCUT2D eigenvalue weighted by Crippen LogP contribution is -2.27. The molecule has 0 saturated heterocycles. The van der Waals surface area contributed by atoms with Crippen LogP contribution in [0.2, 0.25) is 0 Å². The number of nitrogens with one attached hydrogen (secondary N) is 1. The third-order valence-corrected chi connectivity index (χ3v) is 2.62. The number of aromatic hydroxyl groups is 1. The van der Waals surface area contributed by atoms with Crippen LogP contribution < -0.4 is 5.32 Å². The molecule has 0 aromatic heterocycles. The molecule has 1 amide bonds. The van der Waals surface area contributed by atoms with Crippen molar-refractivity contribution in [3.63, 3.8) is 0 Å². The van der Waals surface area contributed by atoms with E-state index in [-0.39, 0.29) is 17.7 Å². The van der Waals surface area contributed by atoms with Crippen molar-refractivity contribution in [2.75, 3.05) is 12.4 Å². The first-order chi connectivity index (χ1) is 10.1. The summed E-state index contributed by atoms with van der Waals surface area (Å²) < 4.78 is 9.57. The fourth-order valence-corrected chi connectivity index (χ4v) is 1.67. The molecule has 0 bridgehead atoms. The fourth-order valence-electron chi connectivity index (χ4n) is 1.67. The van der Waals surface area contributed by atoms with E-state index in [1.54, 1.807) is 20.8 Å². The van der Waals surface area contributed by atoms with Crippen molar-refractivity contribution in [2.45, 2.75) is 38.9 Å². The maximum atomic E-state index is 11.7. The maximum Gasteiger partial charge on any atom is 0.412 e. The molecule has 0 aliphatic rings. The molecule has 0 heterocycles. The number of aliphatic hydroxyl groups excluding tert-OH is 1. The first-order valence-electron chi connectivity index (χ1n) is 6.70. The van der Waals surface area contributed by atoms with Gasteiger partial charge in [-0.15, -0.1) is 0 Å². The van der Waals surface area contributed by atoms with Gasteiger partial charge in [-0.25, -0.2) is 4.79 Å². The second kappa shape index (κ2) is 7.13. The van der Waals surface area contributed by atoms with Crippen LogP contribution in [0.1, 0.15) is 38.9 Å². The average Bonchev–Trinajstić information content (AvgIpc) is 2.38. The Bertz CT molecular complexity index is 549. The van der Waals surface area contributed by atoms with Gasteiger partial charge in [0.2, 0.25) is 0 Å². The zero-order valence-electron chi connectivity index (χ0n) is 13.0. The third kappa shape index (κ3) is 5.61. The van der Waals surface area contributed by atoms with Gasteiger partial charge in [-0.1, -0.05) is 0 Å².